The summed E-state index contributed by atoms with van der Waals surface area (Å²) in [6, 6.07) is 10.7. The molecule has 0 spiro atoms. The Balaban J connectivity index is 2.11. The van der Waals surface area contributed by atoms with Crippen LogP contribution in [0.2, 0.25) is 5.15 Å². The van der Waals surface area contributed by atoms with Crippen LogP contribution in [0.5, 0.6) is 0 Å². The number of carbonyl (C=O) groups excluding carboxylic acids is 1. The Bertz CT molecular complexity index is 995. The van der Waals surface area contributed by atoms with Gasteiger partial charge in [-0.2, -0.15) is 0 Å². The molecule has 8 heteroatoms. The van der Waals surface area contributed by atoms with Crippen LogP contribution in [-0.4, -0.2) is 23.9 Å². The van der Waals surface area contributed by atoms with E-state index in [4.69, 9.17) is 16.7 Å². The maximum Gasteiger partial charge on any atom is 0.281 e. The van der Waals surface area contributed by atoms with Crippen LogP contribution in [0.3, 0.4) is 0 Å². The predicted molar refractivity (Wildman–Crippen MR) is 82.3 cm³/mol. The molecule has 2 N–H and O–H groups in total. The normalized spacial score (nSPS) is 11.7. The third-order valence-corrected chi connectivity index (χ3v) is 4.26. The van der Waals surface area contributed by atoms with E-state index in [2.05, 4.69) is 4.98 Å². The molecule has 0 fully saturated rings. The number of halogens is 1. The number of carbonyl (C=O) groups is 1. The van der Waals surface area contributed by atoms with Crippen molar-refractivity contribution in [2.24, 2.45) is 5.14 Å². The van der Waals surface area contributed by atoms with E-state index in [0.717, 1.165) is 0 Å². The quantitative estimate of drug-likeness (QED) is 0.725. The Morgan fingerprint density at radius 3 is 2.64 bits per heavy atom. The molecule has 3 rings (SSSR count). The highest BCUT2D eigenvalue weighted by molar-refractivity contribution is 7.89. The molecule has 22 heavy (non-hydrogen) atoms. The summed E-state index contributed by atoms with van der Waals surface area (Å²) < 4.78 is 24.1. The molecule has 0 aliphatic rings. The maximum atomic E-state index is 12.5. The Labute approximate surface area is 131 Å². The fourth-order valence-corrected chi connectivity index (χ4v) is 2.84. The third-order valence-electron chi connectivity index (χ3n) is 3.14. The maximum absolute atomic E-state index is 12.5. The van der Waals surface area contributed by atoms with Crippen molar-refractivity contribution in [3.63, 3.8) is 0 Å². The number of benzene rings is 1. The lowest BCUT2D eigenvalue weighted by molar-refractivity contribution is 0.0960. The molecule has 0 atom stereocenters. The van der Waals surface area contributed by atoms with Crippen molar-refractivity contribution in [1.82, 2.24) is 9.55 Å². The summed E-state index contributed by atoms with van der Waals surface area (Å²) in [6.45, 7) is 0. The number of nitrogens with two attached hydrogens (primary N) is 1. The second-order valence-corrected chi connectivity index (χ2v) is 6.55. The van der Waals surface area contributed by atoms with Gasteiger partial charge in [-0.15, -0.1) is 0 Å². The van der Waals surface area contributed by atoms with Crippen molar-refractivity contribution in [2.45, 2.75) is 4.90 Å². The van der Waals surface area contributed by atoms with E-state index in [9.17, 15) is 13.2 Å². The number of pyridine rings is 1. The van der Waals surface area contributed by atoms with E-state index in [1.54, 1.807) is 30.5 Å². The molecule has 3 aromatic rings. The van der Waals surface area contributed by atoms with Gasteiger partial charge in [0.25, 0.3) is 5.91 Å². The van der Waals surface area contributed by atoms with Gasteiger partial charge in [-0.25, -0.2) is 18.5 Å². The first kappa shape index (κ1) is 14.7. The Morgan fingerprint density at radius 2 is 1.95 bits per heavy atom. The monoisotopic (exact) mass is 335 g/mol. The molecule has 6 nitrogen and oxygen atoms in total. The van der Waals surface area contributed by atoms with E-state index in [1.165, 1.54) is 22.8 Å². The summed E-state index contributed by atoms with van der Waals surface area (Å²) in [5.74, 6) is -0.360. The second-order valence-electron chi connectivity index (χ2n) is 4.60. The molecular formula is C14H10ClN3O3S. The average molecular weight is 336 g/mol. The third kappa shape index (κ3) is 2.61. The number of hydrogen-bond donors (Lipinski definition) is 1. The van der Waals surface area contributed by atoms with Crippen molar-refractivity contribution >= 4 is 38.4 Å². The standard InChI is InChI=1S/C14H10ClN3O3S/c15-13-3-1-2-11(17-13)14(19)18-7-6-9-8-10(22(16,20)21)4-5-12(9)18/h1-8H,(H2,16,20,21). The van der Waals surface area contributed by atoms with Crippen LogP contribution in [0.15, 0.2) is 53.6 Å². The molecule has 112 valence electrons. The molecule has 2 aromatic heterocycles. The largest absolute Gasteiger partial charge is 0.282 e. The van der Waals surface area contributed by atoms with Crippen LogP contribution in [-0.2, 0) is 10.0 Å². The summed E-state index contributed by atoms with van der Waals surface area (Å²) in [5, 5.41) is 5.90. The first-order valence-electron chi connectivity index (χ1n) is 6.17. The van der Waals surface area contributed by atoms with Gasteiger partial charge in [0.2, 0.25) is 10.0 Å². The Morgan fingerprint density at radius 1 is 1.18 bits per heavy atom. The predicted octanol–water partition coefficient (Wildman–Crippen LogP) is 2.03. The van der Waals surface area contributed by atoms with Crippen LogP contribution >= 0.6 is 11.6 Å². The number of primary sulfonamides is 1. The summed E-state index contributed by atoms with van der Waals surface area (Å²) in [4.78, 5) is 16.4. The number of nitrogens with zero attached hydrogens (tertiary/aromatic N) is 2. The van der Waals surface area contributed by atoms with Gasteiger partial charge in [-0.3, -0.25) is 9.36 Å². The van der Waals surface area contributed by atoms with Crippen molar-refractivity contribution in [3.05, 3.63) is 59.5 Å². The summed E-state index contributed by atoms with van der Waals surface area (Å²) in [7, 11) is -3.79. The van der Waals surface area contributed by atoms with E-state index in [0.29, 0.717) is 10.9 Å². The Hall–Kier alpha value is -2.22. The highest BCUT2D eigenvalue weighted by atomic mass is 35.5. The smallest absolute Gasteiger partial charge is 0.281 e. The molecule has 2 heterocycles. The van der Waals surface area contributed by atoms with Crippen LogP contribution in [0.25, 0.3) is 10.9 Å². The molecule has 0 saturated heterocycles. The van der Waals surface area contributed by atoms with E-state index < -0.39 is 10.0 Å². The highest BCUT2D eigenvalue weighted by Gasteiger charge is 2.15. The summed E-state index contributed by atoms with van der Waals surface area (Å²) in [6.07, 6.45) is 1.54. The van der Waals surface area contributed by atoms with Gasteiger partial charge in [0.1, 0.15) is 10.8 Å². The van der Waals surface area contributed by atoms with Gasteiger partial charge >= 0.3 is 0 Å². The molecule has 0 radical (unpaired) electrons. The minimum atomic E-state index is -3.79. The fourth-order valence-electron chi connectivity index (χ4n) is 2.13. The van der Waals surface area contributed by atoms with Crippen molar-refractivity contribution in [3.8, 4) is 0 Å². The zero-order valence-electron chi connectivity index (χ0n) is 11.1. The van der Waals surface area contributed by atoms with Crippen LogP contribution in [0, 0.1) is 0 Å². The minimum absolute atomic E-state index is 0.00826. The van der Waals surface area contributed by atoms with Gasteiger partial charge in [0.15, 0.2) is 0 Å². The lowest BCUT2D eigenvalue weighted by Crippen LogP contribution is -2.13. The molecule has 0 saturated carbocycles. The zero-order chi connectivity index (χ0) is 15.9. The van der Waals surface area contributed by atoms with E-state index >= 15 is 0 Å². The lowest BCUT2D eigenvalue weighted by Gasteiger charge is -2.04. The SMILES string of the molecule is NS(=O)(=O)c1ccc2c(ccn2C(=O)c2cccc(Cl)n2)c1. The topological polar surface area (TPSA) is 95.0 Å². The van der Waals surface area contributed by atoms with E-state index in [-0.39, 0.29) is 21.6 Å². The second kappa shape index (κ2) is 5.20. The number of fused-ring (bicyclic) bond motifs is 1. The summed E-state index contributed by atoms with van der Waals surface area (Å²) >= 11 is 5.79. The van der Waals surface area contributed by atoms with Gasteiger partial charge in [0, 0.05) is 11.6 Å². The first-order valence-corrected chi connectivity index (χ1v) is 8.10. The highest BCUT2D eigenvalue weighted by Crippen LogP contribution is 2.21. The summed E-state index contributed by atoms with van der Waals surface area (Å²) in [5.41, 5.74) is 0.750. The number of hydrogen-bond acceptors (Lipinski definition) is 4. The van der Waals surface area contributed by atoms with Crippen LogP contribution in [0.1, 0.15) is 10.5 Å². The zero-order valence-corrected chi connectivity index (χ0v) is 12.7. The van der Waals surface area contributed by atoms with Crippen molar-refractivity contribution in [1.29, 1.82) is 0 Å². The lowest BCUT2D eigenvalue weighted by atomic mass is 10.2. The molecule has 0 bridgehead atoms. The average Bonchev–Trinajstić information content (AvgIpc) is 2.88. The fraction of sp³-hybridized carbons (Fsp3) is 0. The molecule has 0 aliphatic heterocycles. The molecule has 0 unspecified atom stereocenters. The number of rotatable bonds is 2. The van der Waals surface area contributed by atoms with Crippen LogP contribution < -0.4 is 5.14 Å². The minimum Gasteiger partial charge on any atom is -0.282 e. The number of sulfonamides is 1. The molecule has 1 aromatic carbocycles. The van der Waals surface area contributed by atoms with Gasteiger partial charge in [-0.1, -0.05) is 17.7 Å². The molecule has 0 amide bonds. The van der Waals surface area contributed by atoms with E-state index in [1.807, 2.05) is 0 Å². The van der Waals surface area contributed by atoms with Gasteiger partial charge < -0.3 is 0 Å². The first-order chi connectivity index (χ1) is 10.4. The van der Waals surface area contributed by atoms with Crippen LogP contribution in [0.4, 0.5) is 0 Å². The van der Waals surface area contributed by atoms with Gasteiger partial charge in [0.05, 0.1) is 10.4 Å². The Kier molecular flexibility index (Phi) is 3.48. The van der Waals surface area contributed by atoms with Gasteiger partial charge in [-0.05, 0) is 36.4 Å². The molecular weight excluding hydrogens is 326 g/mol. The number of aromatic nitrogens is 2. The van der Waals surface area contributed by atoms with Crippen molar-refractivity contribution < 1.29 is 13.2 Å². The molecule has 0 aliphatic carbocycles. The van der Waals surface area contributed by atoms with Crippen molar-refractivity contribution in [2.75, 3.05) is 0 Å².